The van der Waals surface area contributed by atoms with Gasteiger partial charge in [0.25, 0.3) is 0 Å². The second-order valence-corrected chi connectivity index (χ2v) is 5.98. The van der Waals surface area contributed by atoms with E-state index in [1.807, 2.05) is 36.5 Å². The molecule has 0 aliphatic carbocycles. The fraction of sp³-hybridized carbons (Fsp3) is 0.0952. The van der Waals surface area contributed by atoms with Crippen molar-refractivity contribution in [2.45, 2.75) is 13.8 Å². The zero-order valence-corrected chi connectivity index (χ0v) is 13.7. The van der Waals surface area contributed by atoms with Crippen molar-refractivity contribution in [2.24, 2.45) is 0 Å². The minimum Gasteiger partial charge on any atom is -0.244 e. The fourth-order valence-electron chi connectivity index (χ4n) is 2.75. The molecule has 0 saturated heterocycles. The first kappa shape index (κ1) is 14.5. The lowest BCUT2D eigenvalue weighted by Crippen LogP contribution is -1.96. The second-order valence-electron chi connectivity index (χ2n) is 5.98. The summed E-state index contributed by atoms with van der Waals surface area (Å²) >= 11 is 0. The maximum atomic E-state index is 4.82. The molecule has 0 saturated carbocycles. The third-order valence-corrected chi connectivity index (χ3v) is 4.14. The van der Waals surface area contributed by atoms with Gasteiger partial charge in [-0.25, -0.2) is 15.0 Å². The van der Waals surface area contributed by atoms with Crippen molar-refractivity contribution in [2.75, 3.05) is 0 Å². The van der Waals surface area contributed by atoms with Crippen molar-refractivity contribution >= 4 is 10.9 Å². The number of nitrogens with zero attached hydrogens (tertiary/aromatic N) is 3. The van der Waals surface area contributed by atoms with Crippen LogP contribution in [0.1, 0.15) is 11.1 Å². The van der Waals surface area contributed by atoms with Crippen LogP contribution in [-0.2, 0) is 0 Å². The average Bonchev–Trinajstić information content (AvgIpc) is 2.62. The molecule has 24 heavy (non-hydrogen) atoms. The van der Waals surface area contributed by atoms with E-state index in [-0.39, 0.29) is 0 Å². The van der Waals surface area contributed by atoms with Gasteiger partial charge in [0, 0.05) is 17.1 Å². The first-order valence-corrected chi connectivity index (χ1v) is 7.97. The van der Waals surface area contributed by atoms with Gasteiger partial charge in [-0.05, 0) is 31.5 Å². The molecule has 0 aliphatic heterocycles. The van der Waals surface area contributed by atoms with Crippen molar-refractivity contribution in [3.05, 3.63) is 78.0 Å². The molecule has 2 heterocycles. The number of benzene rings is 2. The molecule has 2 aromatic heterocycles. The van der Waals surface area contributed by atoms with E-state index in [1.165, 1.54) is 5.56 Å². The van der Waals surface area contributed by atoms with Crippen LogP contribution in [0, 0.1) is 13.8 Å². The van der Waals surface area contributed by atoms with Crippen molar-refractivity contribution in [3.8, 4) is 22.8 Å². The second kappa shape index (κ2) is 5.85. The number of para-hydroxylation sites is 1. The molecule has 0 spiro atoms. The molecule has 3 nitrogen and oxygen atoms in total. The number of rotatable bonds is 2. The number of hydrogen-bond acceptors (Lipinski definition) is 3. The van der Waals surface area contributed by atoms with Crippen LogP contribution in [0.2, 0.25) is 0 Å². The van der Waals surface area contributed by atoms with Gasteiger partial charge in [-0.15, -0.1) is 0 Å². The highest BCUT2D eigenvalue weighted by atomic mass is 14.9. The quantitative estimate of drug-likeness (QED) is 0.524. The number of aryl methyl sites for hydroxylation is 2. The summed E-state index contributed by atoms with van der Waals surface area (Å²) in [6.45, 7) is 4.16. The molecule has 0 aliphatic rings. The van der Waals surface area contributed by atoms with E-state index in [2.05, 4.69) is 54.1 Å². The highest BCUT2D eigenvalue weighted by molar-refractivity contribution is 5.79. The monoisotopic (exact) mass is 311 g/mol. The van der Waals surface area contributed by atoms with E-state index in [0.717, 1.165) is 33.4 Å². The predicted molar refractivity (Wildman–Crippen MR) is 97.7 cm³/mol. The lowest BCUT2D eigenvalue weighted by atomic mass is 10.0. The Balaban J connectivity index is 1.83. The summed E-state index contributed by atoms with van der Waals surface area (Å²) in [4.78, 5) is 14.0. The van der Waals surface area contributed by atoms with Gasteiger partial charge < -0.3 is 0 Å². The highest BCUT2D eigenvalue weighted by Crippen LogP contribution is 2.25. The van der Waals surface area contributed by atoms with Crippen molar-refractivity contribution in [1.82, 2.24) is 15.0 Å². The highest BCUT2D eigenvalue weighted by Gasteiger charge is 2.09. The number of aromatic nitrogens is 3. The maximum Gasteiger partial charge on any atom is 0.178 e. The smallest absolute Gasteiger partial charge is 0.178 e. The van der Waals surface area contributed by atoms with Gasteiger partial charge in [-0.3, -0.25) is 0 Å². The Hall–Kier alpha value is -3.07. The summed E-state index contributed by atoms with van der Waals surface area (Å²) in [5.74, 6) is 0.655. The van der Waals surface area contributed by atoms with Crippen LogP contribution < -0.4 is 0 Å². The van der Waals surface area contributed by atoms with E-state index < -0.39 is 0 Å². The Morgan fingerprint density at radius 3 is 2.38 bits per heavy atom. The molecule has 0 atom stereocenters. The van der Waals surface area contributed by atoms with Gasteiger partial charge in [0.2, 0.25) is 0 Å². The van der Waals surface area contributed by atoms with Crippen LogP contribution in [0.4, 0.5) is 0 Å². The van der Waals surface area contributed by atoms with Gasteiger partial charge >= 0.3 is 0 Å². The number of hydrogen-bond donors (Lipinski definition) is 0. The normalized spacial score (nSPS) is 10.9. The van der Waals surface area contributed by atoms with Gasteiger partial charge in [0.15, 0.2) is 5.82 Å². The summed E-state index contributed by atoms with van der Waals surface area (Å²) in [6, 6.07) is 20.5. The Morgan fingerprint density at radius 2 is 1.54 bits per heavy atom. The molecular weight excluding hydrogens is 294 g/mol. The summed E-state index contributed by atoms with van der Waals surface area (Å²) in [5, 5.41) is 1.03. The van der Waals surface area contributed by atoms with Crippen LogP contribution in [0.3, 0.4) is 0 Å². The van der Waals surface area contributed by atoms with E-state index in [9.17, 15) is 0 Å². The molecule has 116 valence electrons. The van der Waals surface area contributed by atoms with Gasteiger partial charge in [0.1, 0.15) is 5.69 Å². The van der Waals surface area contributed by atoms with Gasteiger partial charge in [0.05, 0.1) is 11.2 Å². The van der Waals surface area contributed by atoms with E-state index in [4.69, 9.17) is 4.98 Å². The summed E-state index contributed by atoms with van der Waals surface area (Å²) in [5.41, 5.74) is 6.20. The van der Waals surface area contributed by atoms with Gasteiger partial charge in [-0.1, -0.05) is 54.1 Å². The molecule has 0 N–H and O–H groups in total. The van der Waals surface area contributed by atoms with Crippen molar-refractivity contribution in [3.63, 3.8) is 0 Å². The molecule has 0 radical (unpaired) electrons. The molecule has 4 aromatic rings. The molecule has 0 amide bonds. The topological polar surface area (TPSA) is 38.7 Å². The standard InChI is InChI=1S/C21H17N3/c1-14-7-10-16(11-8-14)20-15(2)9-12-19(23-20)21-22-13-17-5-3-4-6-18(17)24-21/h3-13H,1-2H3. The molecule has 3 heteroatoms. The molecule has 0 unspecified atom stereocenters. The Morgan fingerprint density at radius 1 is 0.750 bits per heavy atom. The first-order chi connectivity index (χ1) is 11.7. The van der Waals surface area contributed by atoms with Crippen LogP contribution in [0.25, 0.3) is 33.7 Å². The Bertz CT molecular complexity index is 1020. The van der Waals surface area contributed by atoms with E-state index >= 15 is 0 Å². The number of pyridine rings is 1. The number of fused-ring (bicyclic) bond motifs is 1. The maximum absolute atomic E-state index is 4.82. The average molecular weight is 311 g/mol. The fourth-order valence-corrected chi connectivity index (χ4v) is 2.75. The zero-order valence-electron chi connectivity index (χ0n) is 13.7. The minimum absolute atomic E-state index is 0.655. The molecular formula is C21H17N3. The van der Waals surface area contributed by atoms with E-state index in [1.54, 1.807) is 0 Å². The zero-order chi connectivity index (χ0) is 16.5. The van der Waals surface area contributed by atoms with Crippen molar-refractivity contribution < 1.29 is 0 Å². The summed E-state index contributed by atoms with van der Waals surface area (Å²) < 4.78 is 0. The third-order valence-electron chi connectivity index (χ3n) is 4.14. The third kappa shape index (κ3) is 2.65. The van der Waals surface area contributed by atoms with Crippen LogP contribution in [0.5, 0.6) is 0 Å². The van der Waals surface area contributed by atoms with E-state index in [0.29, 0.717) is 5.82 Å². The Labute approximate surface area is 141 Å². The van der Waals surface area contributed by atoms with Crippen LogP contribution in [-0.4, -0.2) is 15.0 Å². The minimum atomic E-state index is 0.655. The summed E-state index contributed by atoms with van der Waals surface area (Å²) in [7, 11) is 0. The first-order valence-electron chi connectivity index (χ1n) is 7.97. The van der Waals surface area contributed by atoms with Crippen LogP contribution in [0.15, 0.2) is 66.9 Å². The van der Waals surface area contributed by atoms with Gasteiger partial charge in [-0.2, -0.15) is 0 Å². The Kier molecular flexibility index (Phi) is 3.54. The predicted octanol–water partition coefficient (Wildman–Crippen LogP) is 4.98. The lowest BCUT2D eigenvalue weighted by molar-refractivity contribution is 1.17. The molecule has 0 bridgehead atoms. The SMILES string of the molecule is Cc1ccc(-c2nc(-c3ncc4ccccc4n3)ccc2C)cc1. The summed E-state index contributed by atoms with van der Waals surface area (Å²) in [6.07, 6.45) is 1.85. The molecule has 4 rings (SSSR count). The van der Waals surface area contributed by atoms with Crippen LogP contribution >= 0.6 is 0 Å². The largest absolute Gasteiger partial charge is 0.244 e. The lowest BCUT2D eigenvalue weighted by Gasteiger charge is -2.08. The van der Waals surface area contributed by atoms with Crippen molar-refractivity contribution in [1.29, 1.82) is 0 Å². The molecule has 0 fully saturated rings. The molecule has 2 aromatic carbocycles.